The lowest BCUT2D eigenvalue weighted by molar-refractivity contribution is -0.136. The first-order valence-corrected chi connectivity index (χ1v) is 6.03. The Balaban J connectivity index is 4.43. The summed E-state index contributed by atoms with van der Waals surface area (Å²) in [6, 6.07) is 0. The van der Waals surface area contributed by atoms with Gasteiger partial charge < -0.3 is 0 Å². The topological polar surface area (TPSA) is 37.4 Å². The van der Waals surface area contributed by atoms with Gasteiger partial charge in [0, 0.05) is 6.54 Å². The van der Waals surface area contributed by atoms with E-state index in [1.165, 1.54) is 0 Å². The van der Waals surface area contributed by atoms with Crippen molar-refractivity contribution in [3.63, 3.8) is 0 Å². The third-order valence-corrected chi connectivity index (χ3v) is 2.84. The minimum absolute atomic E-state index is 0.0746. The molecule has 86 valence electrons. The highest BCUT2D eigenvalue weighted by molar-refractivity contribution is 7.88. The van der Waals surface area contributed by atoms with Crippen LogP contribution < -0.4 is 0 Å². The van der Waals surface area contributed by atoms with E-state index in [0.29, 0.717) is 17.1 Å². The first kappa shape index (κ1) is 13.7. The second-order valence-corrected chi connectivity index (χ2v) is 5.05. The van der Waals surface area contributed by atoms with E-state index in [-0.39, 0.29) is 6.54 Å². The van der Waals surface area contributed by atoms with Crippen LogP contribution in [0.1, 0.15) is 19.8 Å². The van der Waals surface area contributed by atoms with Gasteiger partial charge in [-0.15, -0.1) is 0 Å². The predicted octanol–water partition coefficient (Wildman–Crippen LogP) is 1.61. The predicted molar refractivity (Wildman–Crippen MR) is 47.4 cm³/mol. The molecule has 0 aliphatic rings. The zero-order valence-electron chi connectivity index (χ0n) is 8.13. The van der Waals surface area contributed by atoms with Crippen molar-refractivity contribution >= 4 is 10.0 Å². The van der Waals surface area contributed by atoms with Gasteiger partial charge in [0.05, 0.1) is 6.26 Å². The van der Waals surface area contributed by atoms with Crippen LogP contribution in [-0.2, 0) is 10.0 Å². The Morgan fingerprint density at radius 3 is 2.07 bits per heavy atom. The quantitative estimate of drug-likeness (QED) is 0.723. The molecule has 0 aromatic rings. The van der Waals surface area contributed by atoms with E-state index >= 15 is 0 Å². The largest absolute Gasteiger partial charge is 0.402 e. The number of rotatable bonds is 5. The maximum atomic E-state index is 12.0. The van der Waals surface area contributed by atoms with Gasteiger partial charge in [-0.25, -0.2) is 8.42 Å². The molecule has 7 heteroatoms. The molecular weight excluding hydrogens is 219 g/mol. The van der Waals surface area contributed by atoms with Gasteiger partial charge >= 0.3 is 6.18 Å². The smallest absolute Gasteiger partial charge is 0.213 e. The van der Waals surface area contributed by atoms with E-state index in [1.807, 2.05) is 0 Å². The van der Waals surface area contributed by atoms with Crippen LogP contribution in [0, 0.1) is 0 Å². The Morgan fingerprint density at radius 1 is 1.29 bits per heavy atom. The lowest BCUT2D eigenvalue weighted by Gasteiger charge is -2.20. The Labute approximate surface area is 81.9 Å². The summed E-state index contributed by atoms with van der Waals surface area (Å²) >= 11 is 0. The van der Waals surface area contributed by atoms with Crippen LogP contribution in [-0.4, -0.2) is 38.2 Å². The van der Waals surface area contributed by atoms with E-state index in [0.717, 1.165) is 6.26 Å². The molecule has 0 N–H and O–H groups in total. The zero-order valence-corrected chi connectivity index (χ0v) is 8.95. The van der Waals surface area contributed by atoms with Crippen LogP contribution in [0.25, 0.3) is 0 Å². The summed E-state index contributed by atoms with van der Waals surface area (Å²) in [5, 5.41) is 0. The summed E-state index contributed by atoms with van der Waals surface area (Å²) in [5.74, 6) is 0. The average Bonchev–Trinajstić information content (AvgIpc) is 1.93. The van der Waals surface area contributed by atoms with Crippen molar-refractivity contribution in [2.75, 3.05) is 19.3 Å². The summed E-state index contributed by atoms with van der Waals surface area (Å²) in [4.78, 5) is 0. The molecule has 0 radical (unpaired) electrons. The summed E-state index contributed by atoms with van der Waals surface area (Å²) in [6.45, 7) is 0.314. The van der Waals surface area contributed by atoms with Gasteiger partial charge in [0.1, 0.15) is 6.54 Å². The maximum Gasteiger partial charge on any atom is 0.402 e. The van der Waals surface area contributed by atoms with Crippen molar-refractivity contribution in [1.82, 2.24) is 4.31 Å². The van der Waals surface area contributed by atoms with Crippen molar-refractivity contribution in [2.45, 2.75) is 25.9 Å². The Bertz CT molecular complexity index is 261. The number of hydrogen-bond acceptors (Lipinski definition) is 2. The third-order valence-electron chi connectivity index (χ3n) is 1.59. The number of hydrogen-bond donors (Lipinski definition) is 0. The van der Waals surface area contributed by atoms with Gasteiger partial charge in [-0.1, -0.05) is 13.3 Å². The fraction of sp³-hybridized carbons (Fsp3) is 1.00. The van der Waals surface area contributed by atoms with Gasteiger partial charge in [-0.3, -0.25) is 0 Å². The molecule has 0 saturated carbocycles. The van der Waals surface area contributed by atoms with Crippen molar-refractivity contribution in [3.05, 3.63) is 0 Å². The van der Waals surface area contributed by atoms with Crippen molar-refractivity contribution in [1.29, 1.82) is 0 Å². The minimum atomic E-state index is -4.48. The SMILES string of the molecule is CCCCN(CC(F)(F)F)S(C)(=O)=O. The number of unbranched alkanes of at least 4 members (excludes halogenated alkanes) is 1. The molecule has 0 fully saturated rings. The molecule has 0 aliphatic heterocycles. The van der Waals surface area contributed by atoms with E-state index in [9.17, 15) is 21.6 Å². The van der Waals surface area contributed by atoms with E-state index in [4.69, 9.17) is 0 Å². The molecule has 14 heavy (non-hydrogen) atoms. The van der Waals surface area contributed by atoms with Crippen molar-refractivity contribution in [2.24, 2.45) is 0 Å². The monoisotopic (exact) mass is 233 g/mol. The van der Waals surface area contributed by atoms with E-state index in [2.05, 4.69) is 0 Å². The molecule has 0 rings (SSSR count). The average molecular weight is 233 g/mol. The first-order chi connectivity index (χ1) is 6.17. The van der Waals surface area contributed by atoms with Crippen LogP contribution in [0.2, 0.25) is 0 Å². The van der Waals surface area contributed by atoms with Gasteiger partial charge in [0.15, 0.2) is 0 Å². The summed E-state index contributed by atoms with van der Waals surface area (Å²) in [5.41, 5.74) is 0. The molecule has 0 unspecified atom stereocenters. The molecule has 0 amide bonds. The summed E-state index contributed by atoms with van der Waals surface area (Å²) in [6.07, 6.45) is -2.60. The normalized spacial score (nSPS) is 13.6. The van der Waals surface area contributed by atoms with Crippen LogP contribution in [0.15, 0.2) is 0 Å². The summed E-state index contributed by atoms with van der Waals surface area (Å²) in [7, 11) is -3.76. The molecule has 0 aromatic carbocycles. The molecule has 0 atom stereocenters. The van der Waals surface area contributed by atoms with Crippen molar-refractivity contribution < 1.29 is 21.6 Å². The molecule has 3 nitrogen and oxygen atoms in total. The molecule has 0 spiro atoms. The molecule has 0 bridgehead atoms. The van der Waals surface area contributed by atoms with Gasteiger partial charge in [-0.05, 0) is 6.42 Å². The van der Waals surface area contributed by atoms with Gasteiger partial charge in [0.25, 0.3) is 0 Å². The van der Waals surface area contributed by atoms with Gasteiger partial charge in [-0.2, -0.15) is 17.5 Å². The Kier molecular flexibility index (Phi) is 4.87. The number of alkyl halides is 3. The van der Waals surface area contributed by atoms with Crippen LogP contribution >= 0.6 is 0 Å². The zero-order chi connectivity index (χ0) is 11.4. The maximum absolute atomic E-state index is 12.0. The Morgan fingerprint density at radius 2 is 1.79 bits per heavy atom. The van der Waals surface area contributed by atoms with Crippen LogP contribution in [0.4, 0.5) is 13.2 Å². The van der Waals surface area contributed by atoms with Crippen LogP contribution in [0.3, 0.4) is 0 Å². The second kappa shape index (κ2) is 4.97. The second-order valence-electron chi connectivity index (χ2n) is 3.07. The fourth-order valence-electron chi connectivity index (χ4n) is 0.897. The molecule has 0 aliphatic carbocycles. The fourth-order valence-corrected chi connectivity index (χ4v) is 1.74. The highest BCUT2D eigenvalue weighted by Gasteiger charge is 2.34. The first-order valence-electron chi connectivity index (χ1n) is 4.18. The standard InChI is InChI=1S/C7H14F3NO2S/c1-3-4-5-11(14(2,12)13)6-7(8,9)10/h3-6H2,1-2H3. The minimum Gasteiger partial charge on any atom is -0.213 e. The number of nitrogens with zero attached hydrogens (tertiary/aromatic N) is 1. The number of sulfonamides is 1. The Hall–Kier alpha value is -0.300. The highest BCUT2D eigenvalue weighted by Crippen LogP contribution is 2.18. The van der Waals surface area contributed by atoms with E-state index in [1.54, 1.807) is 6.92 Å². The molecule has 0 heterocycles. The number of halogens is 3. The van der Waals surface area contributed by atoms with Gasteiger partial charge in [0.2, 0.25) is 10.0 Å². The lowest BCUT2D eigenvalue weighted by Crippen LogP contribution is -2.38. The summed E-state index contributed by atoms with van der Waals surface area (Å²) < 4.78 is 58.2. The van der Waals surface area contributed by atoms with E-state index < -0.39 is 22.7 Å². The van der Waals surface area contributed by atoms with Crippen LogP contribution in [0.5, 0.6) is 0 Å². The molecule has 0 saturated heterocycles. The lowest BCUT2D eigenvalue weighted by atomic mass is 10.3. The highest BCUT2D eigenvalue weighted by atomic mass is 32.2. The van der Waals surface area contributed by atoms with Crippen molar-refractivity contribution in [3.8, 4) is 0 Å². The third kappa shape index (κ3) is 6.20. The molecular formula is C7H14F3NO2S. The molecule has 0 aromatic heterocycles.